The van der Waals surface area contributed by atoms with Crippen LogP contribution in [0.15, 0.2) is 30.5 Å². The van der Waals surface area contributed by atoms with Gasteiger partial charge in [0, 0.05) is 17.1 Å². The molecule has 1 aromatic heterocycles. The highest BCUT2D eigenvalue weighted by Crippen LogP contribution is 2.25. The van der Waals surface area contributed by atoms with Gasteiger partial charge in [0.2, 0.25) is 5.91 Å². The maximum Gasteiger partial charge on any atom is 0.240 e. The lowest BCUT2D eigenvalue weighted by Gasteiger charge is -2.46. The maximum atomic E-state index is 12.3. The van der Waals surface area contributed by atoms with Crippen LogP contribution in [0.5, 0.6) is 0 Å². The molecule has 1 saturated heterocycles. The Balaban J connectivity index is 1.67. The molecule has 3 rings (SSSR count). The van der Waals surface area contributed by atoms with Crippen LogP contribution in [-0.4, -0.2) is 45.6 Å². The van der Waals surface area contributed by atoms with Crippen LogP contribution in [0, 0.1) is 0 Å². The number of rotatable bonds is 4. The average molecular weight is 287 g/mol. The fraction of sp³-hybridized carbons (Fsp3) is 0.438. The highest BCUT2D eigenvalue weighted by atomic mass is 16.3. The number of nitrogens with one attached hydrogen (secondary N) is 1. The number of nitrogens with two attached hydrogens (primary N) is 1. The lowest BCUT2D eigenvalue weighted by Crippen LogP contribution is -2.65. The van der Waals surface area contributed by atoms with Crippen LogP contribution in [0.2, 0.25) is 0 Å². The molecule has 1 amide bonds. The quantitative estimate of drug-likeness (QED) is 0.785. The van der Waals surface area contributed by atoms with Crippen molar-refractivity contribution in [3.63, 3.8) is 0 Å². The molecule has 0 saturated carbocycles. The summed E-state index contributed by atoms with van der Waals surface area (Å²) in [6.07, 6.45) is 3.08. The minimum absolute atomic E-state index is 0.0848. The molecule has 1 aliphatic rings. The third-order valence-corrected chi connectivity index (χ3v) is 4.37. The largest absolute Gasteiger partial charge is 0.386 e. The van der Waals surface area contributed by atoms with Crippen molar-refractivity contribution in [3.05, 3.63) is 36.0 Å². The fourth-order valence-corrected chi connectivity index (χ4v) is 2.90. The predicted molar refractivity (Wildman–Crippen MR) is 81.8 cm³/mol. The zero-order valence-corrected chi connectivity index (χ0v) is 12.2. The summed E-state index contributed by atoms with van der Waals surface area (Å²) in [6.45, 7) is 2.71. The van der Waals surface area contributed by atoms with E-state index in [1.165, 1.54) is 0 Å². The highest BCUT2D eigenvalue weighted by Gasteiger charge is 2.43. The number of likely N-dealkylation sites (tertiary alicyclic amines) is 1. The van der Waals surface area contributed by atoms with Crippen LogP contribution in [0.4, 0.5) is 0 Å². The zero-order chi connectivity index (χ0) is 15.0. The van der Waals surface area contributed by atoms with E-state index in [0.29, 0.717) is 25.9 Å². The maximum absolute atomic E-state index is 12.3. The van der Waals surface area contributed by atoms with E-state index in [0.717, 1.165) is 16.5 Å². The van der Waals surface area contributed by atoms with E-state index in [-0.39, 0.29) is 5.91 Å². The highest BCUT2D eigenvalue weighted by molar-refractivity contribution is 5.86. The van der Waals surface area contributed by atoms with E-state index >= 15 is 0 Å². The number of aliphatic hydroxyl groups is 1. The first-order chi connectivity index (χ1) is 10.0. The molecule has 0 bridgehead atoms. The summed E-state index contributed by atoms with van der Waals surface area (Å²) in [5, 5.41) is 11.1. The Morgan fingerprint density at radius 3 is 2.90 bits per heavy atom. The van der Waals surface area contributed by atoms with E-state index in [1.807, 2.05) is 37.4 Å². The molecule has 21 heavy (non-hydrogen) atoms. The minimum Gasteiger partial charge on any atom is -0.386 e. The molecular weight excluding hydrogens is 266 g/mol. The van der Waals surface area contributed by atoms with Crippen molar-refractivity contribution in [1.29, 1.82) is 0 Å². The van der Waals surface area contributed by atoms with Crippen LogP contribution >= 0.6 is 0 Å². The second-order valence-corrected chi connectivity index (χ2v) is 5.94. The number of benzene rings is 1. The monoisotopic (exact) mass is 287 g/mol. The minimum atomic E-state index is -0.712. The molecule has 1 aromatic carbocycles. The molecule has 1 atom stereocenters. The topological polar surface area (TPSA) is 82.3 Å². The van der Waals surface area contributed by atoms with Gasteiger partial charge in [0.15, 0.2) is 0 Å². The molecular formula is C16H21N3O2. The summed E-state index contributed by atoms with van der Waals surface area (Å²) in [7, 11) is 0. The smallest absolute Gasteiger partial charge is 0.240 e. The first-order valence-corrected chi connectivity index (χ1v) is 7.34. The van der Waals surface area contributed by atoms with Gasteiger partial charge in [-0.05, 0) is 24.5 Å². The van der Waals surface area contributed by atoms with Crippen molar-refractivity contribution in [2.24, 2.45) is 5.73 Å². The van der Waals surface area contributed by atoms with Crippen molar-refractivity contribution < 1.29 is 9.90 Å². The zero-order valence-electron chi connectivity index (χ0n) is 12.2. The molecule has 4 N–H and O–H groups in total. The molecule has 0 aliphatic carbocycles. The summed E-state index contributed by atoms with van der Waals surface area (Å²) >= 11 is 0. The lowest BCUT2D eigenvalue weighted by molar-refractivity contribution is -0.157. The number of carbonyl (C=O) groups is 1. The molecule has 5 heteroatoms. The van der Waals surface area contributed by atoms with Crippen molar-refractivity contribution in [1.82, 2.24) is 9.88 Å². The van der Waals surface area contributed by atoms with Crippen LogP contribution in [0.1, 0.15) is 18.9 Å². The molecule has 112 valence electrons. The van der Waals surface area contributed by atoms with Crippen LogP contribution in [-0.2, 0) is 11.2 Å². The van der Waals surface area contributed by atoms with Gasteiger partial charge in [-0.2, -0.15) is 0 Å². The summed E-state index contributed by atoms with van der Waals surface area (Å²) in [4.78, 5) is 17.1. The SMILES string of the molecule is CCC1(O)CN(C(=O)C(N)Cc2c[nH]c3ccccc23)C1. The molecule has 0 spiro atoms. The lowest BCUT2D eigenvalue weighted by atomic mass is 9.90. The van der Waals surface area contributed by atoms with Crippen molar-refractivity contribution in [2.75, 3.05) is 13.1 Å². The first-order valence-electron chi connectivity index (χ1n) is 7.34. The Morgan fingerprint density at radius 2 is 2.19 bits per heavy atom. The van der Waals surface area contributed by atoms with Crippen LogP contribution in [0.3, 0.4) is 0 Å². The van der Waals surface area contributed by atoms with Gasteiger partial charge in [0.05, 0.1) is 24.7 Å². The number of amides is 1. The van der Waals surface area contributed by atoms with Gasteiger partial charge in [-0.15, -0.1) is 0 Å². The number of fused-ring (bicyclic) bond motifs is 1. The molecule has 2 heterocycles. The average Bonchev–Trinajstić information content (AvgIpc) is 2.86. The number of aromatic nitrogens is 1. The number of β-amino-alcohol motifs (C(OH)–C–C–N with tert-alkyl or cyclic N) is 1. The van der Waals surface area contributed by atoms with E-state index in [1.54, 1.807) is 4.90 Å². The standard InChI is InChI=1S/C16H21N3O2/c1-2-16(21)9-19(10-16)15(20)13(17)7-11-8-18-14-6-4-3-5-12(11)14/h3-6,8,13,18,21H,2,7,9-10,17H2,1H3. The van der Waals surface area contributed by atoms with Gasteiger partial charge in [-0.1, -0.05) is 25.1 Å². The Morgan fingerprint density at radius 1 is 1.48 bits per heavy atom. The Labute approximate surface area is 123 Å². The van der Waals surface area contributed by atoms with E-state index < -0.39 is 11.6 Å². The van der Waals surface area contributed by atoms with Crippen molar-refractivity contribution in [2.45, 2.75) is 31.4 Å². The normalized spacial score (nSPS) is 18.5. The first kappa shape index (κ1) is 14.1. The van der Waals surface area contributed by atoms with Gasteiger partial charge >= 0.3 is 0 Å². The molecule has 1 unspecified atom stereocenters. The Kier molecular flexibility index (Phi) is 3.47. The summed E-state index contributed by atoms with van der Waals surface area (Å²) in [5.41, 5.74) is 7.45. The van der Waals surface area contributed by atoms with Crippen LogP contribution in [0.25, 0.3) is 10.9 Å². The van der Waals surface area contributed by atoms with E-state index in [9.17, 15) is 9.90 Å². The number of hydrogen-bond acceptors (Lipinski definition) is 3. The molecule has 1 fully saturated rings. The summed E-state index contributed by atoms with van der Waals surface area (Å²) < 4.78 is 0. The molecule has 0 radical (unpaired) electrons. The number of carbonyl (C=O) groups excluding carboxylic acids is 1. The Bertz CT molecular complexity index is 658. The summed E-state index contributed by atoms with van der Waals surface area (Å²) in [6, 6.07) is 7.41. The second kappa shape index (κ2) is 5.16. The van der Waals surface area contributed by atoms with Crippen LogP contribution < -0.4 is 5.73 Å². The van der Waals surface area contributed by atoms with Gasteiger partial charge in [0.25, 0.3) is 0 Å². The number of H-pyrrole nitrogens is 1. The predicted octanol–water partition coefficient (Wildman–Crippen LogP) is 1.02. The molecule has 5 nitrogen and oxygen atoms in total. The van der Waals surface area contributed by atoms with Crippen molar-refractivity contribution >= 4 is 16.8 Å². The third-order valence-electron chi connectivity index (χ3n) is 4.37. The number of nitrogens with zero attached hydrogens (tertiary/aromatic N) is 1. The second-order valence-electron chi connectivity index (χ2n) is 5.94. The molecule has 1 aliphatic heterocycles. The van der Waals surface area contributed by atoms with Crippen molar-refractivity contribution in [3.8, 4) is 0 Å². The number of para-hydroxylation sites is 1. The molecule has 2 aromatic rings. The third kappa shape index (κ3) is 2.54. The van der Waals surface area contributed by atoms with Gasteiger partial charge in [-0.3, -0.25) is 4.79 Å². The van der Waals surface area contributed by atoms with Gasteiger partial charge < -0.3 is 20.7 Å². The van der Waals surface area contributed by atoms with Gasteiger partial charge in [-0.25, -0.2) is 0 Å². The number of aromatic amines is 1. The summed E-state index contributed by atoms with van der Waals surface area (Å²) in [5.74, 6) is -0.0848. The number of hydrogen-bond donors (Lipinski definition) is 3. The van der Waals surface area contributed by atoms with E-state index in [2.05, 4.69) is 4.98 Å². The van der Waals surface area contributed by atoms with Gasteiger partial charge in [0.1, 0.15) is 0 Å². The van der Waals surface area contributed by atoms with E-state index in [4.69, 9.17) is 5.73 Å². The Hall–Kier alpha value is -1.85. The fourth-order valence-electron chi connectivity index (χ4n) is 2.90.